The lowest BCUT2D eigenvalue weighted by Gasteiger charge is -2.39. The topological polar surface area (TPSA) is 48.9 Å². The van der Waals surface area contributed by atoms with E-state index in [0.29, 0.717) is 12.0 Å². The molecule has 0 spiro atoms. The SMILES string of the molecule is CN=C(NCCCOC)NCC(C(C)C)N1CCC(C)CC1.I. The van der Waals surface area contributed by atoms with Gasteiger partial charge in [-0.3, -0.25) is 9.89 Å². The van der Waals surface area contributed by atoms with Gasteiger partial charge in [-0.1, -0.05) is 20.8 Å². The Bertz CT molecular complexity index is 318. The maximum atomic E-state index is 5.07. The van der Waals surface area contributed by atoms with Crippen molar-refractivity contribution in [1.29, 1.82) is 0 Å². The van der Waals surface area contributed by atoms with E-state index >= 15 is 0 Å². The number of likely N-dealkylation sites (tertiary alicyclic amines) is 1. The van der Waals surface area contributed by atoms with Gasteiger partial charge in [0.25, 0.3) is 0 Å². The fraction of sp³-hybridized carbons (Fsp3) is 0.941. The van der Waals surface area contributed by atoms with E-state index in [1.807, 2.05) is 7.05 Å². The summed E-state index contributed by atoms with van der Waals surface area (Å²) in [4.78, 5) is 6.96. The highest BCUT2D eigenvalue weighted by molar-refractivity contribution is 14.0. The molecule has 0 aromatic rings. The normalized spacial score (nSPS) is 18.6. The van der Waals surface area contributed by atoms with E-state index in [9.17, 15) is 0 Å². The lowest BCUT2D eigenvalue weighted by molar-refractivity contribution is 0.110. The smallest absolute Gasteiger partial charge is 0.191 e. The highest BCUT2D eigenvalue weighted by atomic mass is 127. The molecule has 0 bridgehead atoms. The van der Waals surface area contributed by atoms with E-state index in [-0.39, 0.29) is 24.0 Å². The Morgan fingerprint density at radius 2 is 1.91 bits per heavy atom. The van der Waals surface area contributed by atoms with Gasteiger partial charge in [-0.2, -0.15) is 0 Å². The Morgan fingerprint density at radius 1 is 1.26 bits per heavy atom. The minimum atomic E-state index is 0. The second-order valence-electron chi connectivity index (χ2n) is 6.76. The second kappa shape index (κ2) is 13.2. The summed E-state index contributed by atoms with van der Waals surface area (Å²) >= 11 is 0. The van der Waals surface area contributed by atoms with Crippen molar-refractivity contribution in [1.82, 2.24) is 15.5 Å². The Hall–Kier alpha value is -0.0800. The van der Waals surface area contributed by atoms with E-state index in [1.54, 1.807) is 7.11 Å². The number of piperidine rings is 1. The van der Waals surface area contributed by atoms with Crippen LogP contribution in [0.1, 0.15) is 40.0 Å². The summed E-state index contributed by atoms with van der Waals surface area (Å²) in [5, 5.41) is 6.84. The first kappa shape index (κ1) is 22.9. The number of halogens is 1. The van der Waals surface area contributed by atoms with Gasteiger partial charge >= 0.3 is 0 Å². The van der Waals surface area contributed by atoms with Crippen molar-refractivity contribution in [3.05, 3.63) is 0 Å². The third-order valence-electron chi connectivity index (χ3n) is 4.58. The Morgan fingerprint density at radius 3 is 2.43 bits per heavy atom. The van der Waals surface area contributed by atoms with Crippen LogP contribution >= 0.6 is 24.0 Å². The number of hydrogen-bond acceptors (Lipinski definition) is 3. The first-order valence-corrected chi connectivity index (χ1v) is 8.76. The lowest BCUT2D eigenvalue weighted by atomic mass is 9.94. The summed E-state index contributed by atoms with van der Waals surface area (Å²) in [6, 6.07) is 0.574. The van der Waals surface area contributed by atoms with Crippen LogP contribution in [0.15, 0.2) is 4.99 Å². The minimum absolute atomic E-state index is 0. The van der Waals surface area contributed by atoms with Gasteiger partial charge in [0.05, 0.1) is 0 Å². The molecule has 5 nitrogen and oxygen atoms in total. The standard InChI is InChI=1S/C17H36N4O.HI/c1-14(2)16(21-10-7-15(3)8-11-21)13-20-17(18-4)19-9-6-12-22-5;/h14-16H,6-13H2,1-5H3,(H2,18,19,20);1H. The van der Waals surface area contributed by atoms with Crippen LogP contribution < -0.4 is 10.6 Å². The van der Waals surface area contributed by atoms with Gasteiger partial charge in [-0.15, -0.1) is 24.0 Å². The van der Waals surface area contributed by atoms with Gasteiger partial charge in [-0.25, -0.2) is 0 Å². The van der Waals surface area contributed by atoms with Crippen LogP contribution in [0.4, 0.5) is 0 Å². The van der Waals surface area contributed by atoms with Crippen molar-refractivity contribution in [2.45, 2.75) is 46.1 Å². The number of nitrogens with one attached hydrogen (secondary N) is 2. The van der Waals surface area contributed by atoms with Gasteiger partial charge < -0.3 is 15.4 Å². The monoisotopic (exact) mass is 440 g/mol. The third-order valence-corrected chi connectivity index (χ3v) is 4.58. The van der Waals surface area contributed by atoms with Crippen LogP contribution in [0.2, 0.25) is 0 Å². The van der Waals surface area contributed by atoms with Crippen molar-refractivity contribution in [3.63, 3.8) is 0 Å². The van der Waals surface area contributed by atoms with E-state index in [4.69, 9.17) is 4.74 Å². The van der Waals surface area contributed by atoms with Crippen LogP contribution in [0.25, 0.3) is 0 Å². The molecule has 1 saturated heterocycles. The van der Waals surface area contributed by atoms with Crippen molar-refractivity contribution in [2.24, 2.45) is 16.8 Å². The predicted octanol–water partition coefficient (Wildman–Crippen LogP) is 2.56. The molecule has 0 aromatic carbocycles. The van der Waals surface area contributed by atoms with Crippen molar-refractivity contribution >= 4 is 29.9 Å². The molecule has 1 rings (SSSR count). The number of ether oxygens (including phenoxy) is 1. The zero-order chi connectivity index (χ0) is 16.4. The first-order valence-electron chi connectivity index (χ1n) is 8.76. The molecule has 6 heteroatoms. The quantitative estimate of drug-likeness (QED) is 0.264. The molecule has 1 atom stereocenters. The zero-order valence-corrected chi connectivity index (χ0v) is 17.9. The Labute approximate surface area is 160 Å². The van der Waals surface area contributed by atoms with Crippen LogP contribution in [-0.2, 0) is 4.74 Å². The molecule has 0 radical (unpaired) electrons. The molecule has 1 unspecified atom stereocenters. The third kappa shape index (κ3) is 9.10. The molecule has 0 aromatic heterocycles. The Kier molecular flexibility index (Phi) is 13.2. The molecular weight excluding hydrogens is 403 g/mol. The van der Waals surface area contributed by atoms with Crippen LogP contribution in [-0.4, -0.2) is 63.8 Å². The molecule has 1 aliphatic rings. The first-order chi connectivity index (χ1) is 10.6. The van der Waals surface area contributed by atoms with E-state index in [0.717, 1.165) is 38.0 Å². The van der Waals surface area contributed by atoms with Gasteiger partial charge in [0, 0.05) is 39.9 Å². The van der Waals surface area contributed by atoms with E-state index in [2.05, 4.69) is 41.3 Å². The average Bonchev–Trinajstić information content (AvgIpc) is 2.51. The second-order valence-corrected chi connectivity index (χ2v) is 6.76. The summed E-state index contributed by atoms with van der Waals surface area (Å²) in [7, 11) is 3.57. The molecular formula is C17H37IN4O. The van der Waals surface area contributed by atoms with Gasteiger partial charge in [-0.05, 0) is 44.2 Å². The summed E-state index contributed by atoms with van der Waals surface area (Å²) < 4.78 is 5.07. The van der Waals surface area contributed by atoms with Gasteiger partial charge in [0.1, 0.15) is 0 Å². The molecule has 0 saturated carbocycles. The molecule has 0 amide bonds. The van der Waals surface area contributed by atoms with Crippen molar-refractivity contribution < 1.29 is 4.74 Å². The number of nitrogens with zero attached hydrogens (tertiary/aromatic N) is 2. The number of aliphatic imine (C=N–C) groups is 1. The Balaban J connectivity index is 0.00000484. The van der Waals surface area contributed by atoms with E-state index in [1.165, 1.54) is 25.9 Å². The number of hydrogen-bond donors (Lipinski definition) is 2. The maximum absolute atomic E-state index is 5.07. The molecule has 1 fully saturated rings. The highest BCUT2D eigenvalue weighted by Gasteiger charge is 2.25. The minimum Gasteiger partial charge on any atom is -0.385 e. The molecule has 1 heterocycles. The molecule has 1 aliphatic heterocycles. The summed E-state index contributed by atoms with van der Waals surface area (Å²) in [6.45, 7) is 12.1. The van der Waals surface area contributed by atoms with Crippen LogP contribution in [0.3, 0.4) is 0 Å². The van der Waals surface area contributed by atoms with Crippen molar-refractivity contribution in [3.8, 4) is 0 Å². The van der Waals surface area contributed by atoms with Gasteiger partial charge in [0.2, 0.25) is 0 Å². The fourth-order valence-corrected chi connectivity index (χ4v) is 2.99. The van der Waals surface area contributed by atoms with Gasteiger partial charge in [0.15, 0.2) is 5.96 Å². The molecule has 0 aliphatic carbocycles. The summed E-state index contributed by atoms with van der Waals surface area (Å²) in [5.74, 6) is 2.42. The number of methoxy groups -OCH3 is 1. The predicted molar refractivity (Wildman–Crippen MR) is 110 cm³/mol. The summed E-state index contributed by atoms with van der Waals surface area (Å²) in [5.41, 5.74) is 0. The lowest BCUT2D eigenvalue weighted by Crippen LogP contribution is -2.51. The zero-order valence-electron chi connectivity index (χ0n) is 15.6. The van der Waals surface area contributed by atoms with Crippen LogP contribution in [0.5, 0.6) is 0 Å². The number of guanidine groups is 1. The number of rotatable bonds is 8. The highest BCUT2D eigenvalue weighted by Crippen LogP contribution is 2.20. The van der Waals surface area contributed by atoms with E-state index < -0.39 is 0 Å². The molecule has 23 heavy (non-hydrogen) atoms. The largest absolute Gasteiger partial charge is 0.385 e. The summed E-state index contributed by atoms with van der Waals surface area (Å²) in [6.07, 6.45) is 3.65. The molecule has 138 valence electrons. The van der Waals surface area contributed by atoms with Crippen LogP contribution in [0, 0.1) is 11.8 Å². The molecule has 2 N–H and O–H groups in total. The van der Waals surface area contributed by atoms with Crippen molar-refractivity contribution in [2.75, 3.05) is 46.9 Å². The maximum Gasteiger partial charge on any atom is 0.191 e. The fourth-order valence-electron chi connectivity index (χ4n) is 2.99. The average molecular weight is 440 g/mol.